The summed E-state index contributed by atoms with van der Waals surface area (Å²) in [5.41, 5.74) is 5.75. The van der Waals surface area contributed by atoms with Crippen molar-refractivity contribution in [2.45, 2.75) is 59.8 Å². The second-order valence-electron chi connectivity index (χ2n) is 7.35. The Morgan fingerprint density at radius 2 is 1.82 bits per heavy atom. The van der Waals surface area contributed by atoms with E-state index in [4.69, 9.17) is 0 Å². The van der Waals surface area contributed by atoms with E-state index in [2.05, 4.69) is 33.8 Å². The van der Waals surface area contributed by atoms with E-state index >= 15 is 0 Å². The molecule has 1 aliphatic carbocycles. The summed E-state index contributed by atoms with van der Waals surface area (Å²) < 4.78 is 0. The minimum atomic E-state index is 0.0658. The van der Waals surface area contributed by atoms with Crippen LogP contribution in [-0.2, 0) is 12.8 Å². The molecule has 0 saturated carbocycles. The smallest absolute Gasteiger partial charge is 0.161 e. The Labute approximate surface area is 132 Å². The molecule has 0 spiro atoms. The van der Waals surface area contributed by atoms with Crippen molar-refractivity contribution in [3.8, 4) is 11.5 Å². The third kappa shape index (κ3) is 2.08. The van der Waals surface area contributed by atoms with E-state index in [0.717, 1.165) is 30.4 Å². The molecule has 1 atom stereocenters. The van der Waals surface area contributed by atoms with Crippen LogP contribution in [0, 0.1) is 19.8 Å². The number of hydrogen-bond acceptors (Lipinski definition) is 2. The average molecular weight is 298 g/mol. The van der Waals surface area contributed by atoms with Crippen molar-refractivity contribution in [1.29, 1.82) is 0 Å². The van der Waals surface area contributed by atoms with Crippen molar-refractivity contribution < 1.29 is 10.2 Å². The number of phenols is 2. The van der Waals surface area contributed by atoms with Gasteiger partial charge in [0, 0.05) is 11.1 Å². The van der Waals surface area contributed by atoms with Crippen molar-refractivity contribution >= 4 is 10.8 Å². The van der Waals surface area contributed by atoms with Gasteiger partial charge in [0.15, 0.2) is 11.5 Å². The summed E-state index contributed by atoms with van der Waals surface area (Å²) in [6.07, 6.45) is 3.08. The molecule has 2 aromatic rings. The monoisotopic (exact) mass is 298 g/mol. The van der Waals surface area contributed by atoms with Gasteiger partial charge >= 0.3 is 0 Å². The van der Waals surface area contributed by atoms with Crippen LogP contribution in [0.1, 0.15) is 60.9 Å². The molecule has 1 aliphatic rings. The molecule has 0 radical (unpaired) electrons. The molecule has 3 rings (SSSR count). The van der Waals surface area contributed by atoms with E-state index in [-0.39, 0.29) is 17.4 Å². The first-order chi connectivity index (χ1) is 10.3. The zero-order valence-electron chi connectivity index (χ0n) is 14.2. The van der Waals surface area contributed by atoms with Gasteiger partial charge in [-0.25, -0.2) is 0 Å². The van der Waals surface area contributed by atoms with Crippen LogP contribution in [0.4, 0.5) is 0 Å². The second-order valence-corrected chi connectivity index (χ2v) is 7.35. The molecule has 1 unspecified atom stereocenters. The van der Waals surface area contributed by atoms with Gasteiger partial charge in [-0.1, -0.05) is 26.8 Å². The zero-order chi connectivity index (χ0) is 16.2. The Balaban J connectivity index is 2.50. The van der Waals surface area contributed by atoms with Crippen LogP contribution in [0.15, 0.2) is 6.07 Å². The van der Waals surface area contributed by atoms with Gasteiger partial charge < -0.3 is 10.2 Å². The molecule has 0 amide bonds. The number of hydrogen-bond donors (Lipinski definition) is 2. The molecule has 0 saturated heterocycles. The predicted molar refractivity (Wildman–Crippen MR) is 92.0 cm³/mol. The van der Waals surface area contributed by atoms with Gasteiger partial charge in [-0.3, -0.25) is 0 Å². The summed E-state index contributed by atoms with van der Waals surface area (Å²) in [7, 11) is 0. The van der Waals surface area contributed by atoms with Crippen LogP contribution >= 0.6 is 0 Å². The van der Waals surface area contributed by atoms with E-state index in [1.807, 2.05) is 6.92 Å². The SMILES string of the molecule is Cc1cc(CC(C)C)c2c(C)c(O)c(O)c3c2c1CCC3C. The Hall–Kier alpha value is -1.70. The molecule has 2 N–H and O–H groups in total. The van der Waals surface area contributed by atoms with Crippen LogP contribution in [0.5, 0.6) is 11.5 Å². The molecule has 0 heterocycles. The van der Waals surface area contributed by atoms with Gasteiger partial charge in [0.25, 0.3) is 0 Å². The third-order valence-corrected chi connectivity index (χ3v) is 5.17. The van der Waals surface area contributed by atoms with E-state index in [1.54, 1.807) is 0 Å². The fourth-order valence-corrected chi connectivity index (χ4v) is 4.10. The Morgan fingerprint density at radius 3 is 2.45 bits per heavy atom. The summed E-state index contributed by atoms with van der Waals surface area (Å²) in [6, 6.07) is 2.29. The number of aryl methyl sites for hydroxylation is 3. The molecule has 0 aromatic heterocycles. The van der Waals surface area contributed by atoms with Crippen molar-refractivity contribution in [2.24, 2.45) is 5.92 Å². The first kappa shape index (κ1) is 15.2. The molecule has 0 fully saturated rings. The summed E-state index contributed by atoms with van der Waals surface area (Å²) in [5.74, 6) is 1.01. The van der Waals surface area contributed by atoms with Gasteiger partial charge in [0.1, 0.15) is 0 Å². The number of benzene rings is 2. The maximum Gasteiger partial charge on any atom is 0.161 e. The minimum absolute atomic E-state index is 0.0658. The largest absolute Gasteiger partial charge is 0.504 e. The van der Waals surface area contributed by atoms with Crippen LogP contribution in [0.2, 0.25) is 0 Å². The van der Waals surface area contributed by atoms with Crippen molar-refractivity contribution in [3.05, 3.63) is 33.9 Å². The highest BCUT2D eigenvalue weighted by molar-refractivity contribution is 5.99. The van der Waals surface area contributed by atoms with Gasteiger partial charge in [-0.05, 0) is 72.4 Å². The van der Waals surface area contributed by atoms with Gasteiger partial charge in [-0.15, -0.1) is 0 Å². The highest BCUT2D eigenvalue weighted by atomic mass is 16.3. The highest BCUT2D eigenvalue weighted by Gasteiger charge is 2.28. The predicted octanol–water partition coefficient (Wildman–Crippen LogP) is 5.12. The summed E-state index contributed by atoms with van der Waals surface area (Å²) >= 11 is 0. The Morgan fingerprint density at radius 1 is 1.14 bits per heavy atom. The fraction of sp³-hybridized carbons (Fsp3) is 0.500. The average Bonchev–Trinajstić information content (AvgIpc) is 2.43. The molecule has 118 valence electrons. The minimum Gasteiger partial charge on any atom is -0.504 e. The maximum atomic E-state index is 10.5. The lowest BCUT2D eigenvalue weighted by atomic mass is 9.76. The van der Waals surface area contributed by atoms with Gasteiger partial charge in [0.05, 0.1) is 0 Å². The fourth-order valence-electron chi connectivity index (χ4n) is 4.10. The van der Waals surface area contributed by atoms with E-state index in [9.17, 15) is 10.2 Å². The molecular formula is C20H26O2. The van der Waals surface area contributed by atoms with Gasteiger partial charge in [-0.2, -0.15) is 0 Å². The zero-order valence-corrected chi connectivity index (χ0v) is 14.2. The first-order valence-electron chi connectivity index (χ1n) is 8.32. The van der Waals surface area contributed by atoms with Crippen molar-refractivity contribution in [2.75, 3.05) is 0 Å². The van der Waals surface area contributed by atoms with Crippen LogP contribution in [-0.4, -0.2) is 10.2 Å². The van der Waals surface area contributed by atoms with Crippen LogP contribution < -0.4 is 0 Å². The van der Waals surface area contributed by atoms with E-state index < -0.39 is 0 Å². The summed E-state index contributed by atoms with van der Waals surface area (Å²) in [5, 5.41) is 23.3. The molecule has 2 heteroatoms. The molecule has 2 nitrogen and oxygen atoms in total. The molecule has 2 aromatic carbocycles. The first-order valence-corrected chi connectivity index (χ1v) is 8.32. The number of aromatic hydroxyl groups is 2. The van der Waals surface area contributed by atoms with Crippen LogP contribution in [0.3, 0.4) is 0 Å². The van der Waals surface area contributed by atoms with E-state index in [1.165, 1.54) is 27.5 Å². The molecule has 0 bridgehead atoms. The lowest BCUT2D eigenvalue weighted by Gasteiger charge is -2.28. The number of rotatable bonds is 2. The third-order valence-electron chi connectivity index (χ3n) is 5.17. The van der Waals surface area contributed by atoms with Crippen molar-refractivity contribution in [3.63, 3.8) is 0 Å². The molecular weight excluding hydrogens is 272 g/mol. The summed E-state index contributed by atoms with van der Waals surface area (Å²) in [4.78, 5) is 0. The van der Waals surface area contributed by atoms with Gasteiger partial charge in [0.2, 0.25) is 0 Å². The normalized spacial score (nSPS) is 17.5. The second kappa shape index (κ2) is 5.19. The quantitative estimate of drug-likeness (QED) is 0.756. The maximum absolute atomic E-state index is 10.5. The highest BCUT2D eigenvalue weighted by Crippen LogP contribution is 2.49. The van der Waals surface area contributed by atoms with Crippen LogP contribution in [0.25, 0.3) is 10.8 Å². The molecule has 0 aliphatic heterocycles. The number of phenolic OH excluding ortho intramolecular Hbond substituents is 2. The Kier molecular flexibility index (Phi) is 3.58. The van der Waals surface area contributed by atoms with Crippen molar-refractivity contribution in [1.82, 2.24) is 0 Å². The Bertz CT molecular complexity index is 757. The molecule has 22 heavy (non-hydrogen) atoms. The lowest BCUT2D eigenvalue weighted by Crippen LogP contribution is -2.11. The topological polar surface area (TPSA) is 40.5 Å². The summed E-state index contributed by atoms with van der Waals surface area (Å²) in [6.45, 7) is 10.7. The standard InChI is InChI=1S/C20H26O2/c1-10(2)8-14-9-12(4)15-7-6-11(3)16-18(15)17(14)13(5)19(21)20(16)22/h9-11,21-22H,6-8H2,1-5H3. The lowest BCUT2D eigenvalue weighted by molar-refractivity contribution is 0.394. The van der Waals surface area contributed by atoms with E-state index in [0.29, 0.717) is 5.92 Å².